The molecule has 1 rings (SSSR count). The van der Waals surface area contributed by atoms with Crippen LogP contribution in [0.25, 0.3) is 0 Å². The molecule has 0 N–H and O–H groups in total. The van der Waals surface area contributed by atoms with Crippen molar-refractivity contribution in [3.05, 3.63) is 0 Å². The standard InChI is InChI=1S/C6H14S.C4H8O/c1-5(2)7-6(3)4;1-2-4-5-3-1/h5-6H,1-4H3;1-4H2. The molecule has 0 saturated carbocycles. The lowest BCUT2D eigenvalue weighted by molar-refractivity contribution is 0.198. The summed E-state index contributed by atoms with van der Waals surface area (Å²) in [5.41, 5.74) is 0. The smallest absolute Gasteiger partial charge is 0.0466 e. The van der Waals surface area contributed by atoms with Crippen molar-refractivity contribution < 1.29 is 4.74 Å². The summed E-state index contributed by atoms with van der Waals surface area (Å²) in [6.07, 6.45) is 2.56. The van der Waals surface area contributed by atoms with Gasteiger partial charge in [-0.1, -0.05) is 27.7 Å². The van der Waals surface area contributed by atoms with E-state index in [0.717, 1.165) is 23.7 Å². The highest BCUT2D eigenvalue weighted by Crippen LogP contribution is 2.14. The highest BCUT2D eigenvalue weighted by Gasteiger charge is 1.95. The maximum atomic E-state index is 4.94. The summed E-state index contributed by atoms with van der Waals surface area (Å²) in [4.78, 5) is 0. The summed E-state index contributed by atoms with van der Waals surface area (Å²) >= 11 is 2.01. The average molecular weight is 190 g/mol. The van der Waals surface area contributed by atoms with Crippen LogP contribution in [0.5, 0.6) is 0 Å². The summed E-state index contributed by atoms with van der Waals surface area (Å²) in [5.74, 6) is 0. The predicted molar refractivity (Wildman–Crippen MR) is 57.9 cm³/mol. The first-order valence-corrected chi connectivity index (χ1v) is 5.80. The Hall–Kier alpha value is 0.310. The van der Waals surface area contributed by atoms with Crippen LogP contribution >= 0.6 is 11.8 Å². The molecule has 0 radical (unpaired) electrons. The Kier molecular flexibility index (Phi) is 8.14. The molecular weight excluding hydrogens is 168 g/mol. The lowest BCUT2D eigenvalue weighted by atomic mass is 10.4. The van der Waals surface area contributed by atoms with E-state index in [0.29, 0.717) is 0 Å². The molecule has 1 heterocycles. The van der Waals surface area contributed by atoms with Crippen molar-refractivity contribution in [1.29, 1.82) is 0 Å². The Morgan fingerprint density at radius 1 is 0.917 bits per heavy atom. The zero-order valence-electron chi connectivity index (χ0n) is 8.80. The van der Waals surface area contributed by atoms with Crippen molar-refractivity contribution in [3.63, 3.8) is 0 Å². The molecule has 0 atom stereocenters. The molecule has 1 fully saturated rings. The molecule has 0 spiro atoms. The lowest BCUT2D eigenvalue weighted by Crippen LogP contribution is -1.94. The van der Waals surface area contributed by atoms with Crippen LogP contribution in [-0.2, 0) is 4.74 Å². The van der Waals surface area contributed by atoms with Crippen LogP contribution < -0.4 is 0 Å². The maximum Gasteiger partial charge on any atom is 0.0466 e. The lowest BCUT2D eigenvalue weighted by Gasteiger charge is -2.05. The van der Waals surface area contributed by atoms with Gasteiger partial charge in [-0.2, -0.15) is 11.8 Å². The van der Waals surface area contributed by atoms with Crippen LogP contribution in [0, 0.1) is 0 Å². The molecule has 0 aromatic carbocycles. The van der Waals surface area contributed by atoms with Gasteiger partial charge in [-0.15, -0.1) is 0 Å². The van der Waals surface area contributed by atoms with Crippen molar-refractivity contribution in [3.8, 4) is 0 Å². The van der Waals surface area contributed by atoms with Crippen LogP contribution in [0.15, 0.2) is 0 Å². The quantitative estimate of drug-likeness (QED) is 0.660. The number of hydrogen-bond donors (Lipinski definition) is 0. The summed E-state index contributed by atoms with van der Waals surface area (Å²) in [6, 6.07) is 0. The van der Waals surface area contributed by atoms with Crippen LogP contribution in [0.4, 0.5) is 0 Å². The summed E-state index contributed by atoms with van der Waals surface area (Å²) in [7, 11) is 0. The largest absolute Gasteiger partial charge is 0.381 e. The third kappa shape index (κ3) is 10.3. The fourth-order valence-corrected chi connectivity index (χ4v) is 2.14. The number of rotatable bonds is 2. The molecule has 0 amide bonds. The fraction of sp³-hybridized carbons (Fsp3) is 1.00. The van der Waals surface area contributed by atoms with E-state index in [2.05, 4.69) is 27.7 Å². The first kappa shape index (κ1) is 12.3. The van der Waals surface area contributed by atoms with Crippen molar-refractivity contribution in [1.82, 2.24) is 0 Å². The summed E-state index contributed by atoms with van der Waals surface area (Å²) in [6.45, 7) is 10.9. The third-order valence-corrected chi connectivity index (χ3v) is 2.46. The van der Waals surface area contributed by atoms with E-state index >= 15 is 0 Å². The SMILES string of the molecule is C1CCOC1.CC(C)SC(C)C. The minimum atomic E-state index is 0.792. The third-order valence-electron chi connectivity index (χ3n) is 1.37. The van der Waals surface area contributed by atoms with Gasteiger partial charge in [0.15, 0.2) is 0 Å². The second-order valence-corrected chi connectivity index (χ2v) is 5.71. The second kappa shape index (κ2) is 7.93. The Bertz CT molecular complexity index is 74.2. The second-order valence-electron chi connectivity index (χ2n) is 3.55. The van der Waals surface area contributed by atoms with E-state index in [4.69, 9.17) is 4.74 Å². The maximum absolute atomic E-state index is 4.94. The van der Waals surface area contributed by atoms with E-state index in [1.165, 1.54) is 12.8 Å². The molecule has 0 aromatic heterocycles. The highest BCUT2D eigenvalue weighted by molar-refractivity contribution is 8.00. The van der Waals surface area contributed by atoms with Gasteiger partial charge < -0.3 is 4.74 Å². The monoisotopic (exact) mass is 190 g/mol. The summed E-state index contributed by atoms with van der Waals surface area (Å²) in [5, 5.41) is 1.58. The van der Waals surface area contributed by atoms with Gasteiger partial charge in [-0.3, -0.25) is 0 Å². The van der Waals surface area contributed by atoms with Gasteiger partial charge in [0.2, 0.25) is 0 Å². The van der Waals surface area contributed by atoms with Crippen LogP contribution in [0.1, 0.15) is 40.5 Å². The first-order chi connectivity index (χ1) is 5.63. The Balaban J connectivity index is 0.000000211. The molecule has 74 valence electrons. The van der Waals surface area contributed by atoms with E-state index in [1.807, 2.05) is 11.8 Å². The van der Waals surface area contributed by atoms with Gasteiger partial charge in [-0.05, 0) is 23.3 Å². The molecule has 0 aromatic rings. The molecule has 12 heavy (non-hydrogen) atoms. The van der Waals surface area contributed by atoms with Crippen LogP contribution in [0.3, 0.4) is 0 Å². The molecular formula is C10H22OS. The molecule has 1 nitrogen and oxygen atoms in total. The van der Waals surface area contributed by atoms with Gasteiger partial charge in [0, 0.05) is 13.2 Å². The normalized spacial score (nSPS) is 16.5. The topological polar surface area (TPSA) is 9.23 Å². The van der Waals surface area contributed by atoms with E-state index in [9.17, 15) is 0 Å². The zero-order valence-corrected chi connectivity index (χ0v) is 9.62. The van der Waals surface area contributed by atoms with Crippen LogP contribution in [-0.4, -0.2) is 23.7 Å². The Morgan fingerprint density at radius 3 is 1.42 bits per heavy atom. The van der Waals surface area contributed by atoms with Gasteiger partial charge in [-0.25, -0.2) is 0 Å². The molecule has 1 aliphatic heterocycles. The van der Waals surface area contributed by atoms with E-state index < -0.39 is 0 Å². The molecule has 0 bridgehead atoms. The predicted octanol–water partition coefficient (Wildman–Crippen LogP) is 3.33. The fourth-order valence-electron chi connectivity index (χ4n) is 1.05. The number of thioether (sulfide) groups is 1. The van der Waals surface area contributed by atoms with Gasteiger partial charge in [0.25, 0.3) is 0 Å². The van der Waals surface area contributed by atoms with Gasteiger partial charge in [0.05, 0.1) is 0 Å². The molecule has 2 heteroatoms. The number of hydrogen-bond acceptors (Lipinski definition) is 2. The zero-order chi connectivity index (χ0) is 9.40. The van der Waals surface area contributed by atoms with Crippen molar-refractivity contribution in [2.75, 3.05) is 13.2 Å². The van der Waals surface area contributed by atoms with Gasteiger partial charge >= 0.3 is 0 Å². The minimum Gasteiger partial charge on any atom is -0.381 e. The molecule has 1 saturated heterocycles. The van der Waals surface area contributed by atoms with Gasteiger partial charge in [0.1, 0.15) is 0 Å². The average Bonchev–Trinajstić information content (AvgIpc) is 2.36. The Labute approximate surface area is 81.3 Å². The Morgan fingerprint density at radius 2 is 1.33 bits per heavy atom. The van der Waals surface area contributed by atoms with Crippen LogP contribution in [0.2, 0.25) is 0 Å². The van der Waals surface area contributed by atoms with Crippen molar-refractivity contribution >= 4 is 11.8 Å². The molecule has 1 aliphatic rings. The van der Waals surface area contributed by atoms with E-state index in [1.54, 1.807) is 0 Å². The minimum absolute atomic E-state index is 0.792. The van der Waals surface area contributed by atoms with E-state index in [-0.39, 0.29) is 0 Å². The first-order valence-electron chi connectivity index (χ1n) is 4.86. The van der Waals surface area contributed by atoms with Crippen molar-refractivity contribution in [2.45, 2.75) is 51.0 Å². The number of ether oxygens (including phenoxy) is 1. The molecule has 0 unspecified atom stereocenters. The summed E-state index contributed by atoms with van der Waals surface area (Å²) < 4.78 is 4.94. The van der Waals surface area contributed by atoms with Crippen molar-refractivity contribution in [2.24, 2.45) is 0 Å². The molecule has 0 aliphatic carbocycles. The highest BCUT2D eigenvalue weighted by atomic mass is 32.2.